The van der Waals surface area contributed by atoms with E-state index >= 15 is 0 Å². The minimum Gasteiger partial charge on any atom is -0.465 e. The van der Waals surface area contributed by atoms with E-state index in [2.05, 4.69) is 25.9 Å². The van der Waals surface area contributed by atoms with Crippen LogP contribution in [-0.2, 0) is 4.74 Å². The maximum absolute atomic E-state index is 11.6. The minimum absolute atomic E-state index is 0.185. The number of benzene rings is 1. The van der Waals surface area contributed by atoms with Gasteiger partial charge in [-0.3, -0.25) is 0 Å². The summed E-state index contributed by atoms with van der Waals surface area (Å²) >= 11 is 0. The molecule has 8 nitrogen and oxygen atoms in total. The van der Waals surface area contributed by atoms with Crippen LogP contribution in [0.1, 0.15) is 21.7 Å². The Labute approximate surface area is 120 Å². The van der Waals surface area contributed by atoms with E-state index in [1.54, 1.807) is 18.2 Å². The number of aromatic nitrogens is 4. The predicted octanol–water partition coefficient (Wildman–Crippen LogP) is 1.27. The molecule has 8 heteroatoms. The molecule has 0 amide bonds. The molecule has 0 unspecified atom stereocenters. The van der Waals surface area contributed by atoms with E-state index in [0.717, 1.165) is 5.56 Å². The van der Waals surface area contributed by atoms with E-state index in [1.807, 2.05) is 13.0 Å². The first kappa shape index (κ1) is 14.2. The van der Waals surface area contributed by atoms with Gasteiger partial charge < -0.3 is 10.1 Å². The number of hydrogen-bond donors (Lipinski definition) is 2. The maximum atomic E-state index is 11.6. The summed E-state index contributed by atoms with van der Waals surface area (Å²) in [5.41, 5.74) is 2.10. The third kappa shape index (κ3) is 3.22. The molecule has 0 saturated carbocycles. The molecular formula is C13H12N6O2. The fourth-order valence-electron chi connectivity index (χ4n) is 1.62. The summed E-state index contributed by atoms with van der Waals surface area (Å²) in [4.78, 5) is 11.6. The number of methoxy groups -OCH3 is 1. The number of aromatic amines is 1. The van der Waals surface area contributed by atoms with Crippen LogP contribution in [0.15, 0.2) is 24.4 Å². The molecule has 0 aliphatic rings. The standard InChI is InChI=1S/C13H12N6O2/c1-8-3-4-10(5-11(8)13(20)21-2)15-7-9(6-14)12-16-18-19-17-12/h3-5,7,15H,1-2H3,(H,16,17,18,19). The number of nitrogens with zero attached hydrogens (tertiary/aromatic N) is 4. The van der Waals surface area contributed by atoms with Crippen molar-refractivity contribution in [2.75, 3.05) is 12.4 Å². The first-order chi connectivity index (χ1) is 10.2. The van der Waals surface area contributed by atoms with E-state index in [4.69, 9.17) is 10.00 Å². The van der Waals surface area contributed by atoms with Gasteiger partial charge in [-0.1, -0.05) is 6.07 Å². The lowest BCUT2D eigenvalue weighted by atomic mass is 10.1. The number of carbonyl (C=O) groups excluding carboxylic acids is 1. The van der Waals surface area contributed by atoms with Crippen LogP contribution in [0.3, 0.4) is 0 Å². The number of ether oxygens (including phenoxy) is 1. The van der Waals surface area contributed by atoms with Crippen LogP contribution in [0, 0.1) is 18.3 Å². The fraction of sp³-hybridized carbons (Fsp3) is 0.154. The molecule has 1 aromatic heterocycles. The molecule has 2 N–H and O–H groups in total. The molecule has 2 rings (SSSR count). The van der Waals surface area contributed by atoms with Crippen molar-refractivity contribution < 1.29 is 9.53 Å². The first-order valence-corrected chi connectivity index (χ1v) is 5.95. The lowest BCUT2D eigenvalue weighted by Crippen LogP contribution is -2.04. The number of carbonyl (C=O) groups is 1. The summed E-state index contributed by atoms with van der Waals surface area (Å²) in [6.07, 6.45) is 1.44. The molecule has 0 atom stereocenters. The van der Waals surface area contributed by atoms with Crippen LogP contribution in [0.4, 0.5) is 5.69 Å². The second-order valence-electron chi connectivity index (χ2n) is 4.07. The smallest absolute Gasteiger partial charge is 0.338 e. The van der Waals surface area contributed by atoms with Crippen LogP contribution in [0.2, 0.25) is 0 Å². The molecule has 0 saturated heterocycles. The van der Waals surface area contributed by atoms with Gasteiger partial charge in [0.1, 0.15) is 11.6 Å². The topological polar surface area (TPSA) is 117 Å². The predicted molar refractivity (Wildman–Crippen MR) is 73.9 cm³/mol. The number of allylic oxidation sites excluding steroid dienone is 1. The summed E-state index contributed by atoms with van der Waals surface area (Å²) in [7, 11) is 1.33. The fourth-order valence-corrected chi connectivity index (χ4v) is 1.62. The first-order valence-electron chi connectivity index (χ1n) is 5.95. The third-order valence-corrected chi connectivity index (χ3v) is 2.73. The van der Waals surface area contributed by atoms with Gasteiger partial charge in [0.05, 0.1) is 12.7 Å². The molecule has 0 aliphatic heterocycles. The molecule has 0 fully saturated rings. The number of esters is 1. The molecule has 0 aliphatic carbocycles. The van der Waals surface area contributed by atoms with E-state index in [-0.39, 0.29) is 11.4 Å². The Hall–Kier alpha value is -3.21. The van der Waals surface area contributed by atoms with Crippen molar-refractivity contribution in [1.82, 2.24) is 20.6 Å². The molecule has 1 aromatic carbocycles. The van der Waals surface area contributed by atoms with E-state index < -0.39 is 5.97 Å². The highest BCUT2D eigenvalue weighted by Crippen LogP contribution is 2.17. The molecule has 2 aromatic rings. The van der Waals surface area contributed by atoms with Crippen molar-refractivity contribution in [1.29, 1.82) is 5.26 Å². The zero-order valence-corrected chi connectivity index (χ0v) is 11.4. The SMILES string of the molecule is COC(=O)c1cc(NC=C(C#N)c2nn[nH]n2)ccc1C. The van der Waals surface area contributed by atoms with Crippen molar-refractivity contribution in [2.45, 2.75) is 6.92 Å². The highest BCUT2D eigenvalue weighted by Gasteiger charge is 2.10. The lowest BCUT2D eigenvalue weighted by Gasteiger charge is -2.07. The maximum Gasteiger partial charge on any atom is 0.338 e. The molecule has 1 heterocycles. The number of aryl methyl sites for hydroxylation is 1. The second-order valence-corrected chi connectivity index (χ2v) is 4.07. The van der Waals surface area contributed by atoms with Crippen molar-refractivity contribution >= 4 is 17.2 Å². The number of rotatable bonds is 4. The highest BCUT2D eigenvalue weighted by atomic mass is 16.5. The van der Waals surface area contributed by atoms with Crippen LogP contribution in [0.25, 0.3) is 5.57 Å². The normalized spacial score (nSPS) is 10.8. The Balaban J connectivity index is 2.24. The largest absolute Gasteiger partial charge is 0.465 e. The quantitative estimate of drug-likeness (QED) is 0.641. The van der Waals surface area contributed by atoms with Gasteiger partial charge in [0.15, 0.2) is 0 Å². The molecule has 21 heavy (non-hydrogen) atoms. The van der Waals surface area contributed by atoms with Gasteiger partial charge in [0.2, 0.25) is 5.82 Å². The van der Waals surface area contributed by atoms with Crippen molar-refractivity contribution in [3.8, 4) is 6.07 Å². The number of H-pyrrole nitrogens is 1. The van der Waals surface area contributed by atoms with Crippen LogP contribution in [-0.4, -0.2) is 33.7 Å². The van der Waals surface area contributed by atoms with E-state index in [0.29, 0.717) is 11.3 Å². The van der Waals surface area contributed by atoms with Crippen molar-refractivity contribution in [3.63, 3.8) is 0 Å². The molecule has 0 spiro atoms. The average molecular weight is 284 g/mol. The summed E-state index contributed by atoms with van der Waals surface area (Å²) in [6, 6.07) is 7.16. The van der Waals surface area contributed by atoms with Gasteiger partial charge >= 0.3 is 5.97 Å². The monoisotopic (exact) mass is 284 g/mol. The molecule has 0 bridgehead atoms. The number of hydrogen-bond acceptors (Lipinski definition) is 7. The summed E-state index contributed by atoms with van der Waals surface area (Å²) < 4.78 is 4.71. The second kappa shape index (κ2) is 6.29. The number of anilines is 1. The summed E-state index contributed by atoms with van der Waals surface area (Å²) in [6.45, 7) is 1.81. The summed E-state index contributed by atoms with van der Waals surface area (Å²) in [5.74, 6) is -0.232. The van der Waals surface area contributed by atoms with Gasteiger partial charge in [-0.2, -0.15) is 10.5 Å². The van der Waals surface area contributed by atoms with Crippen molar-refractivity contribution in [2.24, 2.45) is 0 Å². The van der Waals surface area contributed by atoms with E-state index in [9.17, 15) is 4.79 Å². The lowest BCUT2D eigenvalue weighted by molar-refractivity contribution is 0.0600. The van der Waals surface area contributed by atoms with Gasteiger partial charge in [-0.25, -0.2) is 4.79 Å². The number of tetrazole rings is 1. The van der Waals surface area contributed by atoms with Crippen LogP contribution in [0.5, 0.6) is 0 Å². The third-order valence-electron chi connectivity index (χ3n) is 2.73. The molecule has 106 valence electrons. The zero-order valence-electron chi connectivity index (χ0n) is 11.4. The van der Waals surface area contributed by atoms with Crippen molar-refractivity contribution in [3.05, 3.63) is 41.4 Å². The Bertz CT molecular complexity index is 715. The Kier molecular flexibility index (Phi) is 4.26. The molecular weight excluding hydrogens is 272 g/mol. The Morgan fingerprint density at radius 1 is 1.52 bits per heavy atom. The minimum atomic E-state index is -0.418. The van der Waals surface area contributed by atoms with Gasteiger partial charge in [0, 0.05) is 11.9 Å². The molecule has 0 radical (unpaired) electrons. The summed E-state index contributed by atoms with van der Waals surface area (Å²) in [5, 5.41) is 25.1. The number of nitrogens with one attached hydrogen (secondary N) is 2. The van der Waals surface area contributed by atoms with Crippen LogP contribution < -0.4 is 5.32 Å². The Morgan fingerprint density at radius 3 is 2.95 bits per heavy atom. The Morgan fingerprint density at radius 2 is 2.33 bits per heavy atom. The van der Waals surface area contributed by atoms with Crippen LogP contribution >= 0.6 is 0 Å². The van der Waals surface area contributed by atoms with Gasteiger partial charge in [0.25, 0.3) is 0 Å². The zero-order chi connectivity index (χ0) is 15.2. The average Bonchev–Trinajstić information content (AvgIpc) is 3.03. The van der Waals surface area contributed by atoms with Gasteiger partial charge in [-0.05, 0) is 29.8 Å². The number of nitriles is 1. The highest BCUT2D eigenvalue weighted by molar-refractivity contribution is 5.92. The van der Waals surface area contributed by atoms with E-state index in [1.165, 1.54) is 13.3 Å². The van der Waals surface area contributed by atoms with Gasteiger partial charge in [-0.15, -0.1) is 10.2 Å².